The lowest BCUT2D eigenvalue weighted by atomic mass is 10.0. The second-order valence-corrected chi connectivity index (χ2v) is 7.34. The first-order chi connectivity index (χ1) is 13.7. The molecule has 0 spiro atoms. The third kappa shape index (κ3) is 6.82. The summed E-state index contributed by atoms with van der Waals surface area (Å²) in [5.74, 6) is 1.41. The predicted octanol–water partition coefficient (Wildman–Crippen LogP) is 2.71. The lowest BCUT2D eigenvalue weighted by Crippen LogP contribution is -2.38. The van der Waals surface area contributed by atoms with Gasteiger partial charge in [-0.2, -0.15) is 0 Å². The van der Waals surface area contributed by atoms with Gasteiger partial charge in [0.25, 0.3) is 0 Å². The number of hydrogen-bond acceptors (Lipinski definition) is 3. The maximum Gasteiger partial charge on any atom is 0.227 e. The zero-order valence-corrected chi connectivity index (χ0v) is 17.4. The van der Waals surface area contributed by atoms with Gasteiger partial charge in [0.2, 0.25) is 5.91 Å². The van der Waals surface area contributed by atoms with E-state index in [1.807, 2.05) is 30.0 Å². The van der Waals surface area contributed by atoms with Crippen LogP contribution in [-0.2, 0) is 11.2 Å². The zero-order chi connectivity index (χ0) is 20.2. The molecule has 1 unspecified atom stereocenters. The highest BCUT2D eigenvalue weighted by Gasteiger charge is 2.23. The summed E-state index contributed by atoms with van der Waals surface area (Å²) >= 11 is 0. The van der Waals surface area contributed by atoms with Crippen LogP contribution < -0.4 is 15.5 Å². The first kappa shape index (κ1) is 22.2. The summed E-state index contributed by atoms with van der Waals surface area (Å²) in [7, 11) is 0. The molecule has 0 saturated heterocycles. The van der Waals surface area contributed by atoms with Crippen LogP contribution in [-0.4, -0.2) is 49.8 Å². The SMILES string of the molecule is CCCC(CCO)CN=C(NCC)NCCCC(=O)N1CCc2ccccc21. The molecule has 6 nitrogen and oxygen atoms in total. The van der Waals surface area contributed by atoms with Gasteiger partial charge >= 0.3 is 0 Å². The van der Waals surface area contributed by atoms with E-state index in [1.165, 1.54) is 5.56 Å². The van der Waals surface area contributed by atoms with E-state index >= 15 is 0 Å². The number of anilines is 1. The fourth-order valence-electron chi connectivity index (χ4n) is 3.66. The van der Waals surface area contributed by atoms with Gasteiger partial charge in [-0.3, -0.25) is 9.79 Å². The Balaban J connectivity index is 1.76. The van der Waals surface area contributed by atoms with Crippen molar-refractivity contribution in [2.75, 3.05) is 37.7 Å². The van der Waals surface area contributed by atoms with Crippen LogP contribution in [0.25, 0.3) is 0 Å². The Labute approximate surface area is 169 Å². The molecular formula is C22H36N4O2. The number of para-hydroxylation sites is 1. The van der Waals surface area contributed by atoms with Crippen LogP contribution in [0.3, 0.4) is 0 Å². The highest BCUT2D eigenvalue weighted by atomic mass is 16.3. The number of carbonyl (C=O) groups is 1. The summed E-state index contributed by atoms with van der Waals surface area (Å²) in [5, 5.41) is 15.8. The molecule has 1 aromatic rings. The molecule has 6 heteroatoms. The second-order valence-electron chi connectivity index (χ2n) is 7.34. The predicted molar refractivity (Wildman–Crippen MR) is 116 cm³/mol. The van der Waals surface area contributed by atoms with Crippen molar-refractivity contribution in [3.8, 4) is 0 Å². The lowest BCUT2D eigenvalue weighted by Gasteiger charge is -2.18. The van der Waals surface area contributed by atoms with Crippen molar-refractivity contribution >= 4 is 17.6 Å². The van der Waals surface area contributed by atoms with E-state index in [0.717, 1.165) is 56.8 Å². The van der Waals surface area contributed by atoms with Crippen molar-refractivity contribution in [2.24, 2.45) is 10.9 Å². The largest absolute Gasteiger partial charge is 0.396 e. The van der Waals surface area contributed by atoms with Crippen LogP contribution in [0, 0.1) is 5.92 Å². The number of rotatable bonds is 11. The second kappa shape index (κ2) is 12.4. The zero-order valence-electron chi connectivity index (χ0n) is 17.4. The molecule has 1 aromatic carbocycles. The third-order valence-corrected chi connectivity index (χ3v) is 5.13. The third-order valence-electron chi connectivity index (χ3n) is 5.13. The molecule has 156 valence electrons. The van der Waals surface area contributed by atoms with Crippen LogP contribution in [0.5, 0.6) is 0 Å². The van der Waals surface area contributed by atoms with Crippen molar-refractivity contribution in [3.63, 3.8) is 0 Å². The van der Waals surface area contributed by atoms with Gasteiger partial charge in [0.15, 0.2) is 5.96 Å². The molecule has 0 fully saturated rings. The normalized spacial score (nSPS) is 14.7. The van der Waals surface area contributed by atoms with Crippen LogP contribution in [0.2, 0.25) is 0 Å². The van der Waals surface area contributed by atoms with Gasteiger partial charge in [-0.05, 0) is 50.2 Å². The molecular weight excluding hydrogens is 352 g/mol. The van der Waals surface area contributed by atoms with Crippen molar-refractivity contribution < 1.29 is 9.90 Å². The number of nitrogens with one attached hydrogen (secondary N) is 2. The number of carbonyl (C=O) groups excluding carboxylic acids is 1. The number of fused-ring (bicyclic) bond motifs is 1. The van der Waals surface area contributed by atoms with Gasteiger partial charge < -0.3 is 20.6 Å². The standard InChI is InChI=1S/C22H36N4O2/c1-3-8-18(13-16-27)17-25-22(23-4-2)24-14-7-11-21(28)26-15-12-19-9-5-6-10-20(19)26/h5-6,9-10,18,27H,3-4,7-8,11-17H2,1-2H3,(H2,23,24,25). The summed E-state index contributed by atoms with van der Waals surface area (Å²) in [6.07, 6.45) is 5.23. The van der Waals surface area contributed by atoms with Gasteiger partial charge in [-0.1, -0.05) is 31.5 Å². The van der Waals surface area contributed by atoms with Gasteiger partial charge in [-0.25, -0.2) is 0 Å². The van der Waals surface area contributed by atoms with E-state index in [2.05, 4.69) is 28.6 Å². The molecule has 0 saturated carbocycles. The molecule has 3 N–H and O–H groups in total. The van der Waals surface area contributed by atoms with Crippen LogP contribution in [0.1, 0.15) is 51.5 Å². The van der Waals surface area contributed by atoms with E-state index in [-0.39, 0.29) is 12.5 Å². The van der Waals surface area contributed by atoms with Crippen molar-refractivity contribution in [2.45, 2.75) is 52.4 Å². The van der Waals surface area contributed by atoms with Gasteiger partial charge in [0, 0.05) is 44.9 Å². The highest BCUT2D eigenvalue weighted by molar-refractivity contribution is 5.95. The van der Waals surface area contributed by atoms with Crippen LogP contribution in [0.15, 0.2) is 29.3 Å². The Morgan fingerprint density at radius 2 is 2.07 bits per heavy atom. The molecule has 1 atom stereocenters. The molecule has 1 aliphatic rings. The minimum atomic E-state index is 0.194. The molecule has 0 aliphatic carbocycles. The van der Waals surface area contributed by atoms with Gasteiger partial charge in [0.05, 0.1) is 0 Å². The topological polar surface area (TPSA) is 77.0 Å². The number of guanidine groups is 1. The number of benzene rings is 1. The number of amides is 1. The fraction of sp³-hybridized carbons (Fsp3) is 0.636. The summed E-state index contributed by atoms with van der Waals surface area (Å²) in [6, 6.07) is 8.16. The van der Waals surface area contributed by atoms with E-state index < -0.39 is 0 Å². The summed E-state index contributed by atoms with van der Waals surface area (Å²) < 4.78 is 0. The smallest absolute Gasteiger partial charge is 0.227 e. The molecule has 2 rings (SSSR count). The Morgan fingerprint density at radius 1 is 1.25 bits per heavy atom. The molecule has 0 bridgehead atoms. The Kier molecular flexibility index (Phi) is 9.83. The Hall–Kier alpha value is -2.08. The Morgan fingerprint density at radius 3 is 2.82 bits per heavy atom. The van der Waals surface area contributed by atoms with Crippen molar-refractivity contribution in [1.82, 2.24) is 10.6 Å². The molecule has 1 heterocycles. The van der Waals surface area contributed by atoms with Gasteiger partial charge in [-0.15, -0.1) is 0 Å². The summed E-state index contributed by atoms with van der Waals surface area (Å²) in [5.41, 5.74) is 2.33. The average Bonchev–Trinajstić information content (AvgIpc) is 3.13. The van der Waals surface area contributed by atoms with Crippen molar-refractivity contribution in [3.05, 3.63) is 29.8 Å². The van der Waals surface area contributed by atoms with Crippen molar-refractivity contribution in [1.29, 1.82) is 0 Å². The number of aliphatic hydroxyl groups is 1. The van der Waals surface area contributed by atoms with Crippen LogP contribution >= 0.6 is 0 Å². The molecule has 0 aromatic heterocycles. The number of aliphatic hydroxyl groups excluding tert-OH is 1. The quantitative estimate of drug-likeness (QED) is 0.309. The summed E-state index contributed by atoms with van der Waals surface area (Å²) in [4.78, 5) is 19.1. The molecule has 1 amide bonds. The van der Waals surface area contributed by atoms with E-state index in [1.54, 1.807) is 0 Å². The van der Waals surface area contributed by atoms with Gasteiger partial charge in [0.1, 0.15) is 0 Å². The van der Waals surface area contributed by atoms with E-state index in [4.69, 9.17) is 0 Å². The molecule has 0 radical (unpaired) electrons. The molecule has 28 heavy (non-hydrogen) atoms. The van der Waals surface area contributed by atoms with Crippen LogP contribution in [0.4, 0.5) is 5.69 Å². The maximum absolute atomic E-state index is 12.6. The lowest BCUT2D eigenvalue weighted by molar-refractivity contribution is -0.118. The summed E-state index contributed by atoms with van der Waals surface area (Å²) in [6.45, 7) is 7.44. The average molecular weight is 389 g/mol. The Bertz CT molecular complexity index is 627. The number of aliphatic imine (C=N–C) groups is 1. The highest BCUT2D eigenvalue weighted by Crippen LogP contribution is 2.27. The fourth-order valence-corrected chi connectivity index (χ4v) is 3.66. The first-order valence-electron chi connectivity index (χ1n) is 10.7. The maximum atomic E-state index is 12.6. The minimum absolute atomic E-state index is 0.194. The number of hydrogen-bond donors (Lipinski definition) is 3. The van der Waals surface area contributed by atoms with E-state index in [9.17, 15) is 9.90 Å². The first-order valence-corrected chi connectivity index (χ1v) is 10.7. The van der Waals surface area contributed by atoms with E-state index in [0.29, 0.717) is 25.4 Å². The minimum Gasteiger partial charge on any atom is -0.396 e. The molecule has 1 aliphatic heterocycles. The monoisotopic (exact) mass is 388 g/mol. The number of nitrogens with zero attached hydrogens (tertiary/aromatic N) is 2.